The van der Waals surface area contributed by atoms with Gasteiger partial charge < -0.3 is 0 Å². The van der Waals surface area contributed by atoms with Crippen molar-refractivity contribution in [3.63, 3.8) is 0 Å². The first-order valence-corrected chi connectivity index (χ1v) is 11.7. The van der Waals surface area contributed by atoms with Crippen LogP contribution in [0.4, 0.5) is 0 Å². The number of Topliss-reactive ketones (excluding diaryl/α,β-unsaturated/α-hetero) is 1. The largest absolute Gasteiger partial charge is 0.298 e. The predicted octanol–water partition coefficient (Wildman–Crippen LogP) is 7.74. The zero-order valence-electron chi connectivity index (χ0n) is 19.1. The summed E-state index contributed by atoms with van der Waals surface area (Å²) in [5, 5.41) is 1.39. The number of benzene rings is 3. The molecule has 0 aliphatic heterocycles. The highest BCUT2D eigenvalue weighted by Gasteiger charge is 2.25. The molecule has 0 radical (unpaired) electrons. The van der Waals surface area contributed by atoms with Crippen LogP contribution in [0.2, 0.25) is 15.1 Å². The van der Waals surface area contributed by atoms with E-state index >= 15 is 0 Å². The summed E-state index contributed by atoms with van der Waals surface area (Å²) in [4.78, 5) is 27.4. The summed E-state index contributed by atoms with van der Waals surface area (Å²) >= 11 is 19.1. The average Bonchev–Trinajstić information content (AvgIpc) is 2.74. The van der Waals surface area contributed by atoms with Crippen LogP contribution in [-0.2, 0) is 13.1 Å². The third kappa shape index (κ3) is 6.24. The molecule has 3 aromatic carbocycles. The van der Waals surface area contributed by atoms with E-state index in [-0.39, 0.29) is 11.6 Å². The van der Waals surface area contributed by atoms with Crippen molar-refractivity contribution < 1.29 is 9.59 Å². The van der Waals surface area contributed by atoms with E-state index in [4.69, 9.17) is 34.8 Å². The lowest BCUT2D eigenvalue weighted by atomic mass is 9.86. The van der Waals surface area contributed by atoms with Gasteiger partial charge in [-0.25, -0.2) is 0 Å². The summed E-state index contributed by atoms with van der Waals surface area (Å²) in [7, 11) is 1.97. The Bertz CT molecular complexity index is 1200. The Balaban J connectivity index is 1.70. The monoisotopic (exact) mass is 501 g/mol. The summed E-state index contributed by atoms with van der Waals surface area (Å²) in [6, 6.07) is 17.8. The lowest BCUT2D eigenvalue weighted by molar-refractivity contribution is 0.0858. The highest BCUT2D eigenvalue weighted by atomic mass is 35.5. The molecule has 0 aliphatic rings. The molecule has 0 spiro atoms. The van der Waals surface area contributed by atoms with Crippen molar-refractivity contribution >= 4 is 46.4 Å². The molecular weight excluding hydrogens is 477 g/mol. The van der Waals surface area contributed by atoms with E-state index in [0.29, 0.717) is 44.8 Å². The van der Waals surface area contributed by atoms with Crippen LogP contribution in [0.1, 0.15) is 58.2 Å². The van der Waals surface area contributed by atoms with Crippen LogP contribution in [0.25, 0.3) is 0 Å². The van der Waals surface area contributed by atoms with Crippen LogP contribution >= 0.6 is 34.8 Å². The SMILES string of the molecule is CN(Cc1ccc(C(=O)C(C)(C)C)c(Cl)c1)Cc1ccc(C(=O)c2ccccc2Cl)cc1Cl. The van der Waals surface area contributed by atoms with Gasteiger partial charge in [-0.05, 0) is 48.5 Å². The molecule has 33 heavy (non-hydrogen) atoms. The minimum atomic E-state index is -0.488. The van der Waals surface area contributed by atoms with E-state index in [1.165, 1.54) is 0 Å². The number of rotatable bonds is 7. The van der Waals surface area contributed by atoms with Crippen LogP contribution in [0, 0.1) is 5.41 Å². The molecule has 6 heteroatoms. The topological polar surface area (TPSA) is 37.4 Å². The Morgan fingerprint density at radius 1 is 0.788 bits per heavy atom. The second kappa shape index (κ2) is 10.4. The van der Waals surface area contributed by atoms with Crippen LogP contribution < -0.4 is 0 Å². The first-order valence-electron chi connectivity index (χ1n) is 10.6. The first kappa shape index (κ1) is 25.5. The van der Waals surface area contributed by atoms with Crippen LogP contribution in [-0.4, -0.2) is 23.5 Å². The number of nitrogens with zero attached hydrogens (tertiary/aromatic N) is 1. The molecule has 3 nitrogen and oxygen atoms in total. The van der Waals surface area contributed by atoms with Gasteiger partial charge >= 0.3 is 0 Å². The molecule has 3 aromatic rings. The zero-order valence-corrected chi connectivity index (χ0v) is 21.4. The van der Waals surface area contributed by atoms with Gasteiger partial charge in [-0.15, -0.1) is 0 Å². The number of hydrogen-bond acceptors (Lipinski definition) is 3. The fraction of sp³-hybridized carbons (Fsp3) is 0.259. The molecule has 0 heterocycles. The summed E-state index contributed by atoms with van der Waals surface area (Å²) in [6.45, 7) is 6.85. The van der Waals surface area contributed by atoms with E-state index < -0.39 is 5.41 Å². The van der Waals surface area contributed by atoms with Gasteiger partial charge in [0.05, 0.1) is 10.0 Å². The van der Waals surface area contributed by atoms with Gasteiger partial charge in [-0.2, -0.15) is 0 Å². The molecule has 3 rings (SSSR count). The Morgan fingerprint density at radius 2 is 1.48 bits per heavy atom. The Labute approximate surface area is 210 Å². The summed E-state index contributed by atoms with van der Waals surface area (Å²) in [5.74, 6) is -0.146. The van der Waals surface area contributed by atoms with Crippen molar-refractivity contribution in [1.82, 2.24) is 4.90 Å². The van der Waals surface area contributed by atoms with Crippen LogP contribution in [0.3, 0.4) is 0 Å². The summed E-state index contributed by atoms with van der Waals surface area (Å²) < 4.78 is 0. The lowest BCUT2D eigenvalue weighted by Gasteiger charge is -2.20. The third-order valence-electron chi connectivity index (χ3n) is 5.29. The number of carbonyl (C=O) groups excluding carboxylic acids is 2. The molecule has 0 bridgehead atoms. The van der Waals surface area contributed by atoms with Gasteiger partial charge in [0, 0.05) is 40.2 Å². The molecule has 172 valence electrons. The maximum absolute atomic E-state index is 12.8. The first-order chi connectivity index (χ1) is 15.5. The molecule has 0 fully saturated rings. The van der Waals surface area contributed by atoms with E-state index in [1.54, 1.807) is 42.5 Å². The van der Waals surface area contributed by atoms with Crippen molar-refractivity contribution in [3.05, 3.63) is 104 Å². The smallest absolute Gasteiger partial charge is 0.194 e. The van der Waals surface area contributed by atoms with Crippen molar-refractivity contribution in [3.8, 4) is 0 Å². The Hall–Kier alpha value is -2.17. The highest BCUT2D eigenvalue weighted by Crippen LogP contribution is 2.28. The second-order valence-electron chi connectivity index (χ2n) is 9.18. The van der Waals surface area contributed by atoms with E-state index in [0.717, 1.165) is 11.1 Å². The maximum Gasteiger partial charge on any atom is 0.194 e. The predicted molar refractivity (Wildman–Crippen MR) is 137 cm³/mol. The average molecular weight is 503 g/mol. The van der Waals surface area contributed by atoms with Gasteiger partial charge in [0.25, 0.3) is 0 Å². The molecule has 0 atom stereocenters. The van der Waals surface area contributed by atoms with E-state index in [2.05, 4.69) is 4.90 Å². The number of halogens is 3. The van der Waals surface area contributed by atoms with Gasteiger partial charge in [-0.1, -0.05) is 85.9 Å². The molecule has 0 aromatic heterocycles. The van der Waals surface area contributed by atoms with Gasteiger partial charge in [0.2, 0.25) is 0 Å². The minimum Gasteiger partial charge on any atom is -0.298 e. The maximum atomic E-state index is 12.8. The van der Waals surface area contributed by atoms with Crippen LogP contribution in [0.5, 0.6) is 0 Å². The van der Waals surface area contributed by atoms with E-state index in [9.17, 15) is 9.59 Å². The Morgan fingerprint density at radius 3 is 2.09 bits per heavy atom. The Kier molecular flexibility index (Phi) is 8.02. The number of carbonyl (C=O) groups is 2. The second-order valence-corrected chi connectivity index (χ2v) is 10.4. The molecule has 0 saturated carbocycles. The molecule has 0 unspecified atom stereocenters. The zero-order chi connectivity index (χ0) is 24.3. The third-order valence-corrected chi connectivity index (χ3v) is 6.28. The number of ketones is 2. The van der Waals surface area contributed by atoms with E-state index in [1.807, 2.05) is 46.0 Å². The summed E-state index contributed by atoms with van der Waals surface area (Å²) in [6.07, 6.45) is 0. The summed E-state index contributed by atoms with van der Waals surface area (Å²) in [5.41, 5.74) is 2.89. The van der Waals surface area contributed by atoms with Crippen molar-refractivity contribution in [2.45, 2.75) is 33.9 Å². The van der Waals surface area contributed by atoms with Crippen LogP contribution in [0.15, 0.2) is 60.7 Å². The molecule has 0 aliphatic carbocycles. The molecule has 0 N–H and O–H groups in total. The highest BCUT2D eigenvalue weighted by molar-refractivity contribution is 6.35. The van der Waals surface area contributed by atoms with Crippen molar-refractivity contribution in [1.29, 1.82) is 0 Å². The molecular formula is C27H26Cl3NO2. The number of hydrogen-bond donors (Lipinski definition) is 0. The normalized spacial score (nSPS) is 11.6. The molecule has 0 saturated heterocycles. The minimum absolute atomic E-state index is 0.0191. The quantitative estimate of drug-likeness (QED) is 0.310. The van der Waals surface area contributed by atoms with Crippen molar-refractivity contribution in [2.24, 2.45) is 5.41 Å². The molecule has 0 amide bonds. The van der Waals surface area contributed by atoms with Crippen molar-refractivity contribution in [2.75, 3.05) is 7.05 Å². The van der Waals surface area contributed by atoms with Gasteiger partial charge in [0.15, 0.2) is 11.6 Å². The van der Waals surface area contributed by atoms with Gasteiger partial charge in [0.1, 0.15) is 0 Å². The fourth-order valence-electron chi connectivity index (χ4n) is 3.52. The lowest BCUT2D eigenvalue weighted by Crippen LogP contribution is -2.21. The standard InChI is InChI=1S/C27H26Cl3NO2/c1-27(2,3)26(33)21-12-9-17(13-24(21)30)15-31(4)16-19-11-10-18(14-23(19)29)25(32)20-7-5-6-8-22(20)28/h5-14H,15-16H2,1-4H3. The fourth-order valence-corrected chi connectivity index (χ4v) is 4.27. The van der Waals surface area contributed by atoms with Gasteiger partial charge in [-0.3, -0.25) is 14.5 Å².